The molecule has 4 rings (SSSR count). The molecule has 0 bridgehead atoms. The number of rotatable bonds is 6. The van der Waals surface area contributed by atoms with Crippen molar-refractivity contribution < 1.29 is 9.59 Å². The lowest BCUT2D eigenvalue weighted by molar-refractivity contribution is -0.127. The van der Waals surface area contributed by atoms with Gasteiger partial charge in [0.25, 0.3) is 0 Å². The fourth-order valence-corrected chi connectivity index (χ4v) is 5.73. The summed E-state index contributed by atoms with van der Waals surface area (Å²) in [5, 5.41) is 0.900. The highest BCUT2D eigenvalue weighted by Crippen LogP contribution is 2.45. The number of para-hydroxylation sites is 1. The highest BCUT2D eigenvalue weighted by Gasteiger charge is 2.39. The van der Waals surface area contributed by atoms with Gasteiger partial charge in [0.2, 0.25) is 0 Å². The van der Waals surface area contributed by atoms with E-state index >= 15 is 0 Å². The van der Waals surface area contributed by atoms with Gasteiger partial charge in [0, 0.05) is 34.9 Å². The molecule has 2 aromatic rings. The van der Waals surface area contributed by atoms with E-state index in [1.165, 1.54) is 38.5 Å². The summed E-state index contributed by atoms with van der Waals surface area (Å²) in [5.41, 5.74) is 1.01. The van der Waals surface area contributed by atoms with Crippen molar-refractivity contribution in [1.82, 2.24) is 4.98 Å². The van der Waals surface area contributed by atoms with Crippen LogP contribution in [0.4, 0.5) is 0 Å². The first kappa shape index (κ1) is 20.3. The van der Waals surface area contributed by atoms with Gasteiger partial charge in [0.15, 0.2) is 5.78 Å². The van der Waals surface area contributed by atoms with E-state index in [0.717, 1.165) is 28.8 Å². The van der Waals surface area contributed by atoms with Gasteiger partial charge >= 0.3 is 0 Å². The first-order valence-corrected chi connectivity index (χ1v) is 11.4. The summed E-state index contributed by atoms with van der Waals surface area (Å²) < 4.78 is 0. The first-order chi connectivity index (χ1) is 14.0. The third-order valence-electron chi connectivity index (χ3n) is 7.49. The minimum atomic E-state index is -0.555. The van der Waals surface area contributed by atoms with E-state index in [0.29, 0.717) is 24.5 Å². The van der Waals surface area contributed by atoms with Crippen LogP contribution in [0, 0.1) is 23.2 Å². The van der Waals surface area contributed by atoms with Crippen LogP contribution in [0.1, 0.15) is 82.0 Å². The molecule has 3 heteroatoms. The molecule has 2 saturated carbocycles. The Morgan fingerprint density at radius 2 is 1.76 bits per heavy atom. The summed E-state index contributed by atoms with van der Waals surface area (Å²) in [7, 11) is 0. The summed E-state index contributed by atoms with van der Waals surface area (Å²) in [6.45, 7) is 3.98. The summed E-state index contributed by atoms with van der Waals surface area (Å²) in [5.74, 6) is 2.13. The maximum absolute atomic E-state index is 13.4. The third-order valence-corrected chi connectivity index (χ3v) is 7.49. The van der Waals surface area contributed by atoms with E-state index < -0.39 is 5.41 Å². The smallest absolute Gasteiger partial charge is 0.169 e. The molecule has 154 valence electrons. The van der Waals surface area contributed by atoms with Crippen LogP contribution in [0.2, 0.25) is 0 Å². The minimum absolute atomic E-state index is 0.114. The summed E-state index contributed by atoms with van der Waals surface area (Å²) in [6.07, 6.45) is 11.6. The predicted octanol–water partition coefficient (Wildman–Crippen LogP) is 6.40. The number of nitrogens with zero attached hydrogens (tertiary/aromatic N) is 1. The van der Waals surface area contributed by atoms with E-state index in [1.807, 2.05) is 44.2 Å². The highest BCUT2D eigenvalue weighted by molar-refractivity contribution is 6.09. The molecular formula is C26H33NO2. The van der Waals surface area contributed by atoms with Crippen LogP contribution in [-0.2, 0) is 4.79 Å². The SMILES string of the molecule is CC(C)(CCC(=O)C1CCCC2CCCCC21)C(=O)c1ccnc2ccccc12. The van der Waals surface area contributed by atoms with Gasteiger partial charge in [-0.05, 0) is 43.2 Å². The number of hydrogen-bond acceptors (Lipinski definition) is 3. The first-order valence-electron chi connectivity index (χ1n) is 11.4. The van der Waals surface area contributed by atoms with Crippen LogP contribution in [-0.4, -0.2) is 16.6 Å². The zero-order valence-corrected chi connectivity index (χ0v) is 17.8. The topological polar surface area (TPSA) is 47.0 Å². The van der Waals surface area contributed by atoms with Crippen molar-refractivity contribution in [3.8, 4) is 0 Å². The number of carbonyl (C=O) groups excluding carboxylic acids is 2. The van der Waals surface area contributed by atoms with Crippen molar-refractivity contribution in [2.75, 3.05) is 0 Å². The molecule has 2 aliphatic carbocycles. The van der Waals surface area contributed by atoms with E-state index in [9.17, 15) is 9.59 Å². The maximum Gasteiger partial charge on any atom is 0.169 e. The van der Waals surface area contributed by atoms with Gasteiger partial charge in [-0.1, -0.05) is 64.2 Å². The molecule has 0 saturated heterocycles. The van der Waals surface area contributed by atoms with Crippen LogP contribution >= 0.6 is 0 Å². The molecule has 2 fully saturated rings. The van der Waals surface area contributed by atoms with Crippen LogP contribution in [0.25, 0.3) is 10.9 Å². The van der Waals surface area contributed by atoms with Gasteiger partial charge < -0.3 is 0 Å². The average Bonchev–Trinajstić information content (AvgIpc) is 2.76. The second-order valence-corrected chi connectivity index (χ2v) is 9.80. The summed E-state index contributed by atoms with van der Waals surface area (Å²) >= 11 is 0. The molecule has 0 radical (unpaired) electrons. The molecule has 29 heavy (non-hydrogen) atoms. The Kier molecular flexibility index (Phi) is 5.85. The molecule has 0 spiro atoms. The Balaban J connectivity index is 1.45. The number of benzene rings is 1. The molecule has 1 aromatic heterocycles. The van der Waals surface area contributed by atoms with E-state index in [-0.39, 0.29) is 11.7 Å². The second kappa shape index (κ2) is 8.38. The largest absolute Gasteiger partial charge is 0.299 e. The lowest BCUT2D eigenvalue weighted by Gasteiger charge is -2.41. The molecule has 0 aliphatic heterocycles. The van der Waals surface area contributed by atoms with Crippen molar-refractivity contribution >= 4 is 22.5 Å². The van der Waals surface area contributed by atoms with Crippen LogP contribution < -0.4 is 0 Å². The highest BCUT2D eigenvalue weighted by atomic mass is 16.1. The lowest BCUT2D eigenvalue weighted by Crippen LogP contribution is -2.36. The van der Waals surface area contributed by atoms with Crippen LogP contribution in [0.3, 0.4) is 0 Å². The van der Waals surface area contributed by atoms with Crippen LogP contribution in [0.15, 0.2) is 36.5 Å². The van der Waals surface area contributed by atoms with Crippen molar-refractivity contribution in [1.29, 1.82) is 0 Å². The van der Waals surface area contributed by atoms with E-state index in [2.05, 4.69) is 4.98 Å². The summed E-state index contributed by atoms with van der Waals surface area (Å²) in [6, 6.07) is 9.60. The van der Waals surface area contributed by atoms with Gasteiger partial charge in [-0.15, -0.1) is 0 Å². The molecule has 1 aromatic carbocycles. The normalized spacial score (nSPS) is 24.8. The van der Waals surface area contributed by atoms with Crippen molar-refractivity contribution in [2.45, 2.75) is 71.6 Å². The molecule has 3 unspecified atom stereocenters. The number of carbonyl (C=O) groups is 2. The zero-order valence-electron chi connectivity index (χ0n) is 17.8. The number of Topliss-reactive ketones (excluding diaryl/α,β-unsaturated/α-hetero) is 2. The standard InChI is InChI=1S/C26H33NO2/c1-26(2,25(29)22-15-17-27-23-13-6-5-11-20(22)23)16-14-24(28)21-12-7-9-18-8-3-4-10-19(18)21/h5-6,11,13,15,17-19,21H,3-4,7-10,12,14,16H2,1-2H3. The molecular weight excluding hydrogens is 358 g/mol. The third kappa shape index (κ3) is 4.15. The van der Waals surface area contributed by atoms with Gasteiger partial charge in [0.05, 0.1) is 5.52 Å². The monoisotopic (exact) mass is 391 g/mol. The minimum Gasteiger partial charge on any atom is -0.299 e. The molecule has 1 heterocycles. The Labute approximate surface area is 174 Å². The van der Waals surface area contributed by atoms with Gasteiger partial charge in [-0.2, -0.15) is 0 Å². The van der Waals surface area contributed by atoms with Gasteiger partial charge in [-0.3, -0.25) is 14.6 Å². The number of fused-ring (bicyclic) bond motifs is 2. The average molecular weight is 392 g/mol. The number of aromatic nitrogens is 1. The Hall–Kier alpha value is -2.03. The Bertz CT molecular complexity index is 893. The second-order valence-electron chi connectivity index (χ2n) is 9.80. The lowest BCUT2D eigenvalue weighted by atomic mass is 9.63. The Morgan fingerprint density at radius 1 is 1.00 bits per heavy atom. The zero-order chi connectivity index (χ0) is 20.4. The molecule has 3 atom stereocenters. The maximum atomic E-state index is 13.4. The number of hydrogen-bond donors (Lipinski definition) is 0. The van der Waals surface area contributed by atoms with Gasteiger partial charge in [0.1, 0.15) is 5.78 Å². The Morgan fingerprint density at radius 3 is 2.62 bits per heavy atom. The quantitative estimate of drug-likeness (QED) is 0.535. The van der Waals surface area contributed by atoms with Crippen LogP contribution in [0.5, 0.6) is 0 Å². The number of pyridine rings is 1. The summed E-state index contributed by atoms with van der Waals surface area (Å²) in [4.78, 5) is 30.9. The fourth-order valence-electron chi connectivity index (χ4n) is 5.73. The molecule has 0 amide bonds. The molecule has 2 aliphatic rings. The fraction of sp³-hybridized carbons (Fsp3) is 0.577. The van der Waals surface area contributed by atoms with Crippen molar-refractivity contribution in [2.24, 2.45) is 23.2 Å². The molecule has 0 N–H and O–H groups in total. The van der Waals surface area contributed by atoms with E-state index in [1.54, 1.807) is 6.20 Å². The number of ketones is 2. The molecule has 3 nitrogen and oxygen atoms in total. The van der Waals surface area contributed by atoms with Crippen molar-refractivity contribution in [3.05, 3.63) is 42.1 Å². The van der Waals surface area contributed by atoms with Gasteiger partial charge in [-0.25, -0.2) is 0 Å². The predicted molar refractivity (Wildman–Crippen MR) is 117 cm³/mol. The van der Waals surface area contributed by atoms with Crippen molar-refractivity contribution in [3.63, 3.8) is 0 Å². The van der Waals surface area contributed by atoms with E-state index in [4.69, 9.17) is 0 Å².